The van der Waals surface area contributed by atoms with E-state index in [9.17, 15) is 4.79 Å². The van der Waals surface area contributed by atoms with E-state index in [0.29, 0.717) is 13.2 Å². The molecule has 0 aromatic heterocycles. The highest BCUT2D eigenvalue weighted by molar-refractivity contribution is 5.97. The van der Waals surface area contributed by atoms with Crippen LogP contribution in [-0.4, -0.2) is 49.6 Å². The van der Waals surface area contributed by atoms with Crippen molar-refractivity contribution in [3.8, 4) is 5.75 Å². The number of hydrogen-bond donors (Lipinski definition) is 0. The molecule has 1 aliphatic heterocycles. The predicted molar refractivity (Wildman–Crippen MR) is 83.0 cm³/mol. The summed E-state index contributed by atoms with van der Waals surface area (Å²) < 4.78 is 11.0. The summed E-state index contributed by atoms with van der Waals surface area (Å²) in [5.74, 6) is 0.956. The maximum absolute atomic E-state index is 12.4. The Morgan fingerprint density at radius 2 is 2.05 bits per heavy atom. The first-order chi connectivity index (χ1) is 10.1. The predicted octanol–water partition coefficient (Wildman–Crippen LogP) is 2.77. The zero-order valence-electron chi connectivity index (χ0n) is 13.2. The molecule has 0 saturated carbocycles. The zero-order chi connectivity index (χ0) is 15.3. The fraction of sp³-hybridized carbons (Fsp3) is 0.588. The van der Waals surface area contributed by atoms with Gasteiger partial charge in [-0.25, -0.2) is 0 Å². The smallest absolute Gasteiger partial charge is 0.176 e. The summed E-state index contributed by atoms with van der Waals surface area (Å²) in [5, 5.41) is 0. The molecule has 2 rings (SSSR count). The second-order valence-electron chi connectivity index (χ2n) is 5.85. The van der Waals surface area contributed by atoms with E-state index < -0.39 is 0 Å². The normalized spacial score (nSPS) is 23.0. The van der Waals surface area contributed by atoms with Crippen molar-refractivity contribution in [2.24, 2.45) is 0 Å². The number of rotatable bonds is 6. The summed E-state index contributed by atoms with van der Waals surface area (Å²) >= 11 is 0. The van der Waals surface area contributed by atoms with E-state index >= 15 is 0 Å². The molecule has 1 saturated heterocycles. The van der Waals surface area contributed by atoms with Gasteiger partial charge >= 0.3 is 0 Å². The third-order valence-corrected chi connectivity index (χ3v) is 4.09. The highest BCUT2D eigenvalue weighted by Gasteiger charge is 2.31. The molecule has 0 aliphatic carbocycles. The minimum atomic E-state index is -0.128. The average Bonchev–Trinajstić information content (AvgIpc) is 2.48. The van der Waals surface area contributed by atoms with E-state index in [1.54, 1.807) is 7.11 Å². The number of piperidine rings is 1. The number of hydrogen-bond acceptors (Lipinski definition) is 4. The zero-order valence-corrected chi connectivity index (χ0v) is 13.2. The van der Waals surface area contributed by atoms with Crippen LogP contribution in [0.2, 0.25) is 0 Å². The minimum absolute atomic E-state index is 0.128. The fourth-order valence-corrected chi connectivity index (χ4v) is 2.81. The molecule has 4 heteroatoms. The number of nitrogens with zero attached hydrogens (tertiary/aromatic N) is 1. The van der Waals surface area contributed by atoms with Gasteiger partial charge in [-0.2, -0.15) is 0 Å². The van der Waals surface area contributed by atoms with Gasteiger partial charge in [-0.15, -0.1) is 0 Å². The van der Waals surface area contributed by atoms with E-state index in [1.807, 2.05) is 31.2 Å². The third kappa shape index (κ3) is 4.29. The van der Waals surface area contributed by atoms with Crippen LogP contribution in [0.4, 0.5) is 0 Å². The molecule has 0 radical (unpaired) electrons. The summed E-state index contributed by atoms with van der Waals surface area (Å²) in [6.45, 7) is 6.92. The molecule has 0 spiro atoms. The number of methoxy groups -OCH3 is 1. The molecule has 1 atom stereocenters. The van der Waals surface area contributed by atoms with Gasteiger partial charge in [-0.3, -0.25) is 9.69 Å². The summed E-state index contributed by atoms with van der Waals surface area (Å²) in [4.78, 5) is 14.5. The first-order valence-corrected chi connectivity index (χ1v) is 7.60. The summed E-state index contributed by atoms with van der Waals surface area (Å²) in [5.41, 5.74) is 0.611. The molecule has 1 unspecified atom stereocenters. The van der Waals surface area contributed by atoms with Gasteiger partial charge in [-0.1, -0.05) is 0 Å². The lowest BCUT2D eigenvalue weighted by Crippen LogP contribution is -2.48. The molecule has 1 aliphatic rings. The second kappa shape index (κ2) is 7.05. The summed E-state index contributed by atoms with van der Waals surface area (Å²) in [7, 11) is 1.75. The van der Waals surface area contributed by atoms with Gasteiger partial charge in [-0.05, 0) is 57.5 Å². The Bertz CT molecular complexity index is 471. The van der Waals surface area contributed by atoms with Crippen LogP contribution in [0.1, 0.15) is 37.0 Å². The highest BCUT2D eigenvalue weighted by atomic mass is 16.5. The van der Waals surface area contributed by atoms with Gasteiger partial charge in [0.2, 0.25) is 0 Å². The highest BCUT2D eigenvalue weighted by Crippen LogP contribution is 2.24. The van der Waals surface area contributed by atoms with E-state index in [0.717, 1.165) is 37.2 Å². The van der Waals surface area contributed by atoms with Crippen LogP contribution in [0.15, 0.2) is 24.3 Å². The number of Topliss-reactive ketones (excluding diaryl/α,β-unsaturated/α-hetero) is 1. The van der Waals surface area contributed by atoms with Crippen LogP contribution in [0.5, 0.6) is 5.75 Å². The van der Waals surface area contributed by atoms with E-state index in [-0.39, 0.29) is 11.4 Å². The molecule has 21 heavy (non-hydrogen) atoms. The maximum Gasteiger partial charge on any atom is 0.176 e. The molecule has 1 heterocycles. The van der Waals surface area contributed by atoms with E-state index in [1.165, 1.54) is 0 Å². The van der Waals surface area contributed by atoms with Crippen molar-refractivity contribution in [3.63, 3.8) is 0 Å². The van der Waals surface area contributed by atoms with Gasteiger partial charge in [0, 0.05) is 19.2 Å². The average molecular weight is 291 g/mol. The van der Waals surface area contributed by atoms with Gasteiger partial charge in [0.1, 0.15) is 5.75 Å². The third-order valence-electron chi connectivity index (χ3n) is 4.09. The quantitative estimate of drug-likeness (QED) is 0.756. The van der Waals surface area contributed by atoms with Crippen LogP contribution in [0, 0.1) is 0 Å². The van der Waals surface area contributed by atoms with Crippen LogP contribution >= 0.6 is 0 Å². The number of carbonyl (C=O) groups is 1. The number of carbonyl (C=O) groups excluding carboxylic acids is 1. The fourth-order valence-electron chi connectivity index (χ4n) is 2.81. The van der Waals surface area contributed by atoms with Crippen molar-refractivity contribution in [3.05, 3.63) is 29.8 Å². The number of likely N-dealkylation sites (tertiary alicyclic amines) is 1. The molecule has 1 aromatic carbocycles. The molecular formula is C17H25NO3. The topological polar surface area (TPSA) is 38.8 Å². The lowest BCUT2D eigenvalue weighted by molar-refractivity contribution is -0.0485. The second-order valence-corrected chi connectivity index (χ2v) is 5.85. The first kappa shape index (κ1) is 16.0. The largest absolute Gasteiger partial charge is 0.494 e. The Morgan fingerprint density at radius 3 is 2.67 bits per heavy atom. The van der Waals surface area contributed by atoms with Crippen LogP contribution in [0.25, 0.3) is 0 Å². The first-order valence-electron chi connectivity index (χ1n) is 7.60. The summed E-state index contributed by atoms with van der Waals surface area (Å²) in [6, 6.07) is 7.39. The van der Waals surface area contributed by atoms with Crippen LogP contribution in [0.3, 0.4) is 0 Å². The number of benzene rings is 1. The van der Waals surface area contributed by atoms with E-state index in [2.05, 4.69) is 11.8 Å². The maximum atomic E-state index is 12.4. The Kier molecular flexibility index (Phi) is 5.37. The Balaban J connectivity index is 1.94. The molecule has 4 nitrogen and oxygen atoms in total. The van der Waals surface area contributed by atoms with Crippen molar-refractivity contribution in [2.75, 3.05) is 33.4 Å². The molecule has 1 fully saturated rings. The monoisotopic (exact) mass is 291 g/mol. The molecule has 1 aromatic rings. The molecule has 0 amide bonds. The minimum Gasteiger partial charge on any atom is -0.494 e. The summed E-state index contributed by atoms with van der Waals surface area (Å²) in [6.07, 6.45) is 2.12. The molecular weight excluding hydrogens is 266 g/mol. The Labute approximate surface area is 127 Å². The van der Waals surface area contributed by atoms with Gasteiger partial charge in [0.05, 0.1) is 18.8 Å². The van der Waals surface area contributed by atoms with Crippen LogP contribution < -0.4 is 4.74 Å². The number of ketones is 1. The Hall–Kier alpha value is -1.39. The van der Waals surface area contributed by atoms with E-state index in [4.69, 9.17) is 9.47 Å². The molecule has 0 bridgehead atoms. The number of ether oxygens (including phenoxy) is 2. The van der Waals surface area contributed by atoms with Crippen molar-refractivity contribution in [1.82, 2.24) is 4.90 Å². The van der Waals surface area contributed by atoms with Crippen molar-refractivity contribution < 1.29 is 14.3 Å². The van der Waals surface area contributed by atoms with Crippen molar-refractivity contribution in [1.29, 1.82) is 0 Å². The Morgan fingerprint density at radius 1 is 1.33 bits per heavy atom. The molecule has 116 valence electrons. The lowest BCUT2D eigenvalue weighted by atomic mass is 9.94. The van der Waals surface area contributed by atoms with Crippen LogP contribution in [-0.2, 0) is 4.74 Å². The standard InChI is InChI=1S/C17H25NO3/c1-4-21-15-8-6-14(7-9-15)16(19)12-18-11-5-10-17(2,13-18)20-3/h6-9H,4-5,10-13H2,1-3H3. The van der Waals surface area contributed by atoms with Gasteiger partial charge in [0.25, 0.3) is 0 Å². The lowest BCUT2D eigenvalue weighted by Gasteiger charge is -2.39. The van der Waals surface area contributed by atoms with Crippen molar-refractivity contribution in [2.45, 2.75) is 32.3 Å². The van der Waals surface area contributed by atoms with Gasteiger partial charge in [0.15, 0.2) is 5.78 Å². The SMILES string of the molecule is CCOc1ccc(C(=O)CN2CCCC(C)(OC)C2)cc1. The molecule has 0 N–H and O–H groups in total. The van der Waals surface area contributed by atoms with Crippen molar-refractivity contribution >= 4 is 5.78 Å². The van der Waals surface area contributed by atoms with Gasteiger partial charge < -0.3 is 9.47 Å².